The summed E-state index contributed by atoms with van der Waals surface area (Å²) in [6, 6.07) is 3.93. The van der Waals surface area contributed by atoms with Crippen molar-refractivity contribution in [1.82, 2.24) is 15.0 Å². The molecule has 1 aromatic heterocycles. The standard InChI is InChI=1S/C11H8ClN5O3S/c1-6-10(21-16-14-6)11(18)15-13-5-7-4-8(17(19)20)2-3-9(7)12/h2-5H,1H3,(H,15,18)/b13-5+. The molecule has 1 heterocycles. The van der Waals surface area contributed by atoms with E-state index in [1.807, 2.05) is 0 Å². The number of carbonyl (C=O) groups excluding carboxylic acids is 1. The average molecular weight is 326 g/mol. The number of rotatable bonds is 4. The maximum atomic E-state index is 11.7. The Labute approximate surface area is 127 Å². The van der Waals surface area contributed by atoms with E-state index in [4.69, 9.17) is 11.6 Å². The fourth-order valence-electron chi connectivity index (χ4n) is 1.39. The SMILES string of the molecule is Cc1nnsc1C(=O)N/N=C/c1cc([N+](=O)[O-])ccc1Cl. The zero-order valence-corrected chi connectivity index (χ0v) is 12.2. The maximum absolute atomic E-state index is 11.7. The highest BCUT2D eigenvalue weighted by Crippen LogP contribution is 2.20. The van der Waals surface area contributed by atoms with Crippen LogP contribution in [0.3, 0.4) is 0 Å². The van der Waals surface area contributed by atoms with E-state index in [1.54, 1.807) is 6.92 Å². The second-order valence-electron chi connectivity index (χ2n) is 3.85. The first-order chi connectivity index (χ1) is 9.99. The number of nitro groups is 1. The highest BCUT2D eigenvalue weighted by molar-refractivity contribution is 7.07. The van der Waals surface area contributed by atoms with Gasteiger partial charge in [0.1, 0.15) is 4.88 Å². The minimum Gasteiger partial charge on any atom is -0.266 e. The summed E-state index contributed by atoms with van der Waals surface area (Å²) in [5.74, 6) is -0.458. The number of benzene rings is 1. The Morgan fingerprint density at radius 2 is 2.33 bits per heavy atom. The molecule has 0 spiro atoms. The molecule has 0 unspecified atom stereocenters. The summed E-state index contributed by atoms with van der Waals surface area (Å²) < 4.78 is 3.64. The first-order valence-electron chi connectivity index (χ1n) is 5.55. The summed E-state index contributed by atoms with van der Waals surface area (Å²) in [4.78, 5) is 22.2. The van der Waals surface area contributed by atoms with Crippen molar-refractivity contribution in [2.75, 3.05) is 0 Å². The largest absolute Gasteiger partial charge is 0.285 e. The second kappa shape index (κ2) is 6.37. The van der Waals surface area contributed by atoms with E-state index >= 15 is 0 Å². The number of hydrogen-bond acceptors (Lipinski definition) is 7. The number of carbonyl (C=O) groups is 1. The smallest absolute Gasteiger partial charge is 0.266 e. The van der Waals surface area contributed by atoms with Crippen LogP contribution in [0.4, 0.5) is 5.69 Å². The van der Waals surface area contributed by atoms with Gasteiger partial charge in [0.2, 0.25) is 0 Å². The average Bonchev–Trinajstić information content (AvgIpc) is 2.86. The van der Waals surface area contributed by atoms with Crippen LogP contribution in [0.25, 0.3) is 0 Å². The van der Waals surface area contributed by atoms with Gasteiger partial charge in [0.15, 0.2) is 0 Å². The van der Waals surface area contributed by atoms with E-state index < -0.39 is 10.8 Å². The number of nitrogens with one attached hydrogen (secondary N) is 1. The lowest BCUT2D eigenvalue weighted by molar-refractivity contribution is -0.384. The molecule has 2 aromatic rings. The third-order valence-corrected chi connectivity index (χ3v) is 3.59. The molecule has 2 rings (SSSR count). The van der Waals surface area contributed by atoms with Gasteiger partial charge in [-0.25, -0.2) is 5.43 Å². The van der Waals surface area contributed by atoms with Crippen LogP contribution in [0.15, 0.2) is 23.3 Å². The summed E-state index contributed by atoms with van der Waals surface area (Å²) in [5, 5.41) is 18.4. The van der Waals surface area contributed by atoms with E-state index in [1.165, 1.54) is 24.4 Å². The quantitative estimate of drug-likeness (QED) is 0.526. The molecule has 0 aliphatic carbocycles. The maximum Gasteiger partial charge on any atom is 0.285 e. The molecule has 8 nitrogen and oxygen atoms in total. The topological polar surface area (TPSA) is 110 Å². The van der Waals surface area contributed by atoms with E-state index in [2.05, 4.69) is 20.1 Å². The predicted octanol–water partition coefficient (Wildman–Crippen LogP) is 2.17. The van der Waals surface area contributed by atoms with Gasteiger partial charge in [-0.15, -0.1) is 5.10 Å². The number of nitro benzene ring substituents is 1. The highest BCUT2D eigenvalue weighted by atomic mass is 35.5. The summed E-state index contributed by atoms with van der Waals surface area (Å²) in [5.41, 5.74) is 2.99. The van der Waals surface area contributed by atoms with E-state index in [9.17, 15) is 14.9 Å². The van der Waals surface area contributed by atoms with E-state index in [0.717, 1.165) is 11.5 Å². The first kappa shape index (κ1) is 15.0. The summed E-state index contributed by atoms with van der Waals surface area (Å²) >= 11 is 6.85. The van der Waals surface area contributed by atoms with Gasteiger partial charge in [-0.05, 0) is 24.5 Å². The number of amides is 1. The number of non-ortho nitro benzene ring substituents is 1. The van der Waals surface area contributed by atoms with Gasteiger partial charge in [0.05, 0.1) is 16.8 Å². The van der Waals surface area contributed by atoms with Gasteiger partial charge in [-0.3, -0.25) is 14.9 Å². The van der Waals surface area contributed by atoms with Crippen molar-refractivity contribution in [2.45, 2.75) is 6.92 Å². The van der Waals surface area contributed by atoms with Gasteiger partial charge in [0.25, 0.3) is 11.6 Å². The molecule has 21 heavy (non-hydrogen) atoms. The minimum absolute atomic E-state index is 0.116. The highest BCUT2D eigenvalue weighted by Gasteiger charge is 2.12. The number of nitrogens with zero attached hydrogens (tertiary/aromatic N) is 4. The van der Waals surface area contributed by atoms with Crippen LogP contribution in [0.1, 0.15) is 20.9 Å². The van der Waals surface area contributed by atoms with Crippen molar-refractivity contribution in [2.24, 2.45) is 5.10 Å². The summed E-state index contributed by atoms with van der Waals surface area (Å²) in [6.07, 6.45) is 1.23. The van der Waals surface area contributed by atoms with Crippen LogP contribution < -0.4 is 5.43 Å². The number of halogens is 1. The Bertz CT molecular complexity index is 730. The lowest BCUT2D eigenvalue weighted by atomic mass is 10.2. The van der Waals surface area contributed by atoms with Gasteiger partial charge in [0, 0.05) is 22.7 Å². The molecule has 1 amide bonds. The molecule has 0 saturated carbocycles. The first-order valence-corrected chi connectivity index (χ1v) is 6.70. The molecule has 0 atom stereocenters. The number of hydrogen-bond donors (Lipinski definition) is 1. The molecule has 0 aliphatic heterocycles. The Hall–Kier alpha value is -2.39. The molecular formula is C11H8ClN5O3S. The van der Waals surface area contributed by atoms with Crippen LogP contribution in [0.5, 0.6) is 0 Å². The molecule has 1 N–H and O–H groups in total. The van der Waals surface area contributed by atoms with Crippen molar-refractivity contribution in [3.05, 3.63) is 49.5 Å². The van der Waals surface area contributed by atoms with Crippen LogP contribution in [0.2, 0.25) is 5.02 Å². The fourth-order valence-corrected chi connectivity index (χ4v) is 2.11. The fraction of sp³-hybridized carbons (Fsp3) is 0.0909. The Balaban J connectivity index is 2.11. The minimum atomic E-state index is -0.543. The lowest BCUT2D eigenvalue weighted by Crippen LogP contribution is -2.17. The van der Waals surface area contributed by atoms with E-state index in [0.29, 0.717) is 16.1 Å². The van der Waals surface area contributed by atoms with Crippen LogP contribution in [-0.4, -0.2) is 26.6 Å². The third-order valence-electron chi connectivity index (χ3n) is 2.42. The molecule has 0 aliphatic rings. The van der Waals surface area contributed by atoms with Gasteiger partial charge in [-0.2, -0.15) is 5.10 Å². The molecule has 1 aromatic carbocycles. The predicted molar refractivity (Wildman–Crippen MR) is 77.8 cm³/mol. The van der Waals surface area contributed by atoms with Crippen LogP contribution in [0, 0.1) is 17.0 Å². The van der Waals surface area contributed by atoms with Crippen LogP contribution >= 0.6 is 23.1 Å². The number of hydrazone groups is 1. The molecule has 0 radical (unpaired) electrons. The summed E-state index contributed by atoms with van der Waals surface area (Å²) in [7, 11) is 0. The number of aryl methyl sites for hydroxylation is 1. The molecule has 108 valence electrons. The van der Waals surface area contributed by atoms with Crippen LogP contribution in [-0.2, 0) is 0 Å². The van der Waals surface area contributed by atoms with Gasteiger partial charge >= 0.3 is 0 Å². The number of aromatic nitrogens is 2. The molecule has 0 fully saturated rings. The van der Waals surface area contributed by atoms with Crippen molar-refractivity contribution < 1.29 is 9.72 Å². The second-order valence-corrected chi connectivity index (χ2v) is 5.01. The zero-order valence-electron chi connectivity index (χ0n) is 10.6. The van der Waals surface area contributed by atoms with Gasteiger partial charge < -0.3 is 0 Å². The van der Waals surface area contributed by atoms with Crippen molar-refractivity contribution >= 4 is 40.9 Å². The van der Waals surface area contributed by atoms with Gasteiger partial charge in [-0.1, -0.05) is 16.1 Å². The Morgan fingerprint density at radius 3 is 2.95 bits per heavy atom. The van der Waals surface area contributed by atoms with Crippen molar-refractivity contribution in [1.29, 1.82) is 0 Å². The van der Waals surface area contributed by atoms with Crippen molar-refractivity contribution in [3.63, 3.8) is 0 Å². The Kier molecular flexibility index (Phi) is 4.55. The molecule has 0 saturated heterocycles. The Morgan fingerprint density at radius 1 is 1.57 bits per heavy atom. The zero-order chi connectivity index (χ0) is 15.4. The molecule has 0 bridgehead atoms. The monoisotopic (exact) mass is 325 g/mol. The normalized spacial score (nSPS) is 10.8. The third kappa shape index (κ3) is 3.58. The molecular weight excluding hydrogens is 318 g/mol. The van der Waals surface area contributed by atoms with Crippen molar-refractivity contribution in [3.8, 4) is 0 Å². The summed E-state index contributed by atoms with van der Waals surface area (Å²) in [6.45, 7) is 1.65. The van der Waals surface area contributed by atoms with E-state index in [-0.39, 0.29) is 10.7 Å². The molecule has 10 heteroatoms. The lowest BCUT2D eigenvalue weighted by Gasteiger charge is -1.99.